The zero-order chi connectivity index (χ0) is 14.1. The van der Waals surface area contributed by atoms with Gasteiger partial charge in [-0.2, -0.15) is 0 Å². The van der Waals surface area contributed by atoms with Gasteiger partial charge in [-0.3, -0.25) is 9.59 Å². The minimum Gasteiger partial charge on any atom is -0.481 e. The number of carbonyl (C=O) groups excluding carboxylic acids is 1. The molecule has 2 saturated heterocycles. The number of anilines is 1. The number of nitrogens with zero attached hydrogens (tertiary/aromatic N) is 2. The van der Waals surface area contributed by atoms with E-state index in [-0.39, 0.29) is 5.91 Å². The van der Waals surface area contributed by atoms with Gasteiger partial charge in [-0.05, 0) is 6.92 Å². The molecule has 4 heterocycles. The molecule has 4 rings (SSSR count). The van der Waals surface area contributed by atoms with Gasteiger partial charge in [0.05, 0.1) is 24.8 Å². The Morgan fingerprint density at radius 1 is 1.60 bits per heavy atom. The van der Waals surface area contributed by atoms with E-state index in [4.69, 9.17) is 9.26 Å². The lowest BCUT2D eigenvalue weighted by Gasteiger charge is -2.21. The molecule has 7 heteroatoms. The second-order valence-electron chi connectivity index (χ2n) is 5.43. The van der Waals surface area contributed by atoms with Gasteiger partial charge in [0.15, 0.2) is 5.76 Å². The fourth-order valence-electron chi connectivity index (χ4n) is 3.54. The van der Waals surface area contributed by atoms with Gasteiger partial charge in [-0.1, -0.05) is 17.3 Å². The Balaban J connectivity index is 1.78. The van der Waals surface area contributed by atoms with Crippen LogP contribution in [0.4, 0.5) is 5.69 Å². The summed E-state index contributed by atoms with van der Waals surface area (Å²) in [6, 6.07) is 0. The third kappa shape index (κ3) is 1.21. The van der Waals surface area contributed by atoms with Crippen LogP contribution in [0.15, 0.2) is 22.9 Å². The van der Waals surface area contributed by atoms with Crippen molar-refractivity contribution in [2.24, 2.45) is 11.8 Å². The van der Waals surface area contributed by atoms with Crippen LogP contribution in [-0.4, -0.2) is 40.4 Å². The summed E-state index contributed by atoms with van der Waals surface area (Å²) in [5.41, 5.74) is -0.252. The smallest absolute Gasteiger partial charge is 0.310 e. The van der Waals surface area contributed by atoms with E-state index in [9.17, 15) is 14.7 Å². The molecule has 4 unspecified atom stereocenters. The maximum atomic E-state index is 12.6. The van der Waals surface area contributed by atoms with Gasteiger partial charge in [-0.25, -0.2) is 0 Å². The van der Waals surface area contributed by atoms with Crippen molar-refractivity contribution in [3.05, 3.63) is 24.1 Å². The number of fused-ring (bicyclic) bond motifs is 1. The number of carboxylic acids is 1. The Hall–Kier alpha value is -2.15. The van der Waals surface area contributed by atoms with E-state index in [1.807, 2.05) is 6.08 Å². The molecule has 0 saturated carbocycles. The Kier molecular flexibility index (Phi) is 2.03. The number of amides is 1. The molecule has 0 aliphatic carbocycles. The topological polar surface area (TPSA) is 92.9 Å². The number of carbonyl (C=O) groups is 2. The molecule has 1 amide bonds. The molecule has 0 radical (unpaired) electrons. The quantitative estimate of drug-likeness (QED) is 0.784. The van der Waals surface area contributed by atoms with Gasteiger partial charge in [-0.15, -0.1) is 0 Å². The van der Waals surface area contributed by atoms with Gasteiger partial charge in [0, 0.05) is 0 Å². The summed E-state index contributed by atoms with van der Waals surface area (Å²) in [5.74, 6) is -2.21. The SMILES string of the molecule is Cc1oncc1N1CC23C=CC(O2)C(C(=O)O)C3C1=O. The number of aromatic nitrogens is 1. The number of aryl methyl sites for hydroxylation is 1. The van der Waals surface area contributed by atoms with Crippen LogP contribution in [0.25, 0.3) is 0 Å². The monoisotopic (exact) mass is 276 g/mol. The maximum absolute atomic E-state index is 12.6. The molecule has 1 N–H and O–H groups in total. The van der Waals surface area contributed by atoms with Crippen molar-refractivity contribution >= 4 is 17.6 Å². The first-order chi connectivity index (χ1) is 9.53. The van der Waals surface area contributed by atoms with Crippen LogP contribution in [0, 0.1) is 18.8 Å². The van der Waals surface area contributed by atoms with Crippen LogP contribution in [0.1, 0.15) is 5.76 Å². The fraction of sp³-hybridized carbons (Fsp3) is 0.462. The molecule has 2 bridgehead atoms. The second-order valence-corrected chi connectivity index (χ2v) is 5.43. The zero-order valence-electron chi connectivity index (χ0n) is 10.6. The van der Waals surface area contributed by atoms with E-state index in [0.29, 0.717) is 18.0 Å². The van der Waals surface area contributed by atoms with Crippen molar-refractivity contribution < 1.29 is 24.0 Å². The summed E-state index contributed by atoms with van der Waals surface area (Å²) >= 11 is 0. The highest BCUT2D eigenvalue weighted by molar-refractivity contribution is 6.02. The van der Waals surface area contributed by atoms with Crippen molar-refractivity contribution in [2.75, 3.05) is 11.4 Å². The molecular weight excluding hydrogens is 264 g/mol. The number of aliphatic carboxylic acids is 1. The first-order valence-corrected chi connectivity index (χ1v) is 6.36. The number of ether oxygens (including phenoxy) is 1. The normalized spacial score (nSPS) is 37.8. The predicted molar refractivity (Wildman–Crippen MR) is 65.0 cm³/mol. The van der Waals surface area contributed by atoms with Gasteiger partial charge < -0.3 is 19.3 Å². The Morgan fingerprint density at radius 2 is 2.40 bits per heavy atom. The van der Waals surface area contributed by atoms with Gasteiger partial charge in [0.1, 0.15) is 17.2 Å². The molecule has 1 aromatic heterocycles. The third-order valence-corrected chi connectivity index (χ3v) is 4.40. The summed E-state index contributed by atoms with van der Waals surface area (Å²) in [7, 11) is 0. The summed E-state index contributed by atoms with van der Waals surface area (Å²) in [6.45, 7) is 2.01. The Morgan fingerprint density at radius 3 is 3.05 bits per heavy atom. The van der Waals surface area contributed by atoms with E-state index in [0.717, 1.165) is 0 Å². The van der Waals surface area contributed by atoms with E-state index >= 15 is 0 Å². The van der Waals surface area contributed by atoms with E-state index in [2.05, 4.69) is 5.16 Å². The van der Waals surface area contributed by atoms with Gasteiger partial charge in [0.2, 0.25) is 5.91 Å². The molecule has 3 aliphatic heterocycles. The summed E-state index contributed by atoms with van der Waals surface area (Å²) in [5, 5.41) is 13.0. The Labute approximate surface area is 113 Å². The fourth-order valence-corrected chi connectivity index (χ4v) is 3.54. The molecule has 3 aliphatic rings. The highest BCUT2D eigenvalue weighted by atomic mass is 16.5. The highest BCUT2D eigenvalue weighted by Crippen LogP contribution is 2.52. The number of carboxylic acid groups (broad SMARTS) is 1. The van der Waals surface area contributed by atoms with Crippen molar-refractivity contribution in [1.29, 1.82) is 0 Å². The molecule has 2 fully saturated rings. The molecule has 0 aromatic carbocycles. The summed E-state index contributed by atoms with van der Waals surface area (Å²) < 4.78 is 10.8. The number of hydrogen-bond acceptors (Lipinski definition) is 5. The lowest BCUT2D eigenvalue weighted by Crippen LogP contribution is -2.39. The van der Waals surface area contributed by atoms with Crippen molar-refractivity contribution in [3.8, 4) is 0 Å². The van der Waals surface area contributed by atoms with Crippen LogP contribution in [0.5, 0.6) is 0 Å². The number of rotatable bonds is 2. The largest absolute Gasteiger partial charge is 0.481 e. The van der Waals surface area contributed by atoms with Crippen LogP contribution in [-0.2, 0) is 14.3 Å². The van der Waals surface area contributed by atoms with E-state index in [1.54, 1.807) is 13.0 Å². The maximum Gasteiger partial charge on any atom is 0.310 e. The standard InChI is InChI=1S/C13H12N2O5/c1-6-7(4-14-20-6)15-5-13-3-2-8(19-13)9(12(17)18)10(13)11(15)16/h2-4,8-10H,5H2,1H3,(H,17,18). The van der Waals surface area contributed by atoms with Gasteiger partial charge >= 0.3 is 5.97 Å². The second kappa shape index (κ2) is 3.49. The predicted octanol–water partition coefficient (Wildman–Crippen LogP) is 0.354. The van der Waals surface area contributed by atoms with Gasteiger partial charge in [0.25, 0.3) is 0 Å². The Bertz CT molecular complexity index is 651. The zero-order valence-corrected chi connectivity index (χ0v) is 10.6. The van der Waals surface area contributed by atoms with Crippen LogP contribution in [0.3, 0.4) is 0 Å². The molecule has 4 atom stereocenters. The first kappa shape index (κ1) is 11.7. The van der Waals surface area contributed by atoms with E-state index < -0.39 is 29.5 Å². The van der Waals surface area contributed by atoms with Crippen LogP contribution < -0.4 is 4.90 Å². The summed E-state index contributed by atoms with van der Waals surface area (Å²) in [6.07, 6.45) is 4.53. The van der Waals surface area contributed by atoms with E-state index in [1.165, 1.54) is 11.1 Å². The molecule has 1 aromatic rings. The minimum absolute atomic E-state index is 0.240. The van der Waals surface area contributed by atoms with Crippen LogP contribution in [0.2, 0.25) is 0 Å². The molecule has 20 heavy (non-hydrogen) atoms. The molecule has 1 spiro atoms. The molecule has 7 nitrogen and oxygen atoms in total. The van der Waals surface area contributed by atoms with Crippen molar-refractivity contribution in [3.63, 3.8) is 0 Å². The average molecular weight is 276 g/mol. The first-order valence-electron chi connectivity index (χ1n) is 6.36. The average Bonchev–Trinajstić information content (AvgIpc) is 3.10. The lowest BCUT2D eigenvalue weighted by atomic mass is 9.77. The molecular formula is C13H12N2O5. The lowest BCUT2D eigenvalue weighted by molar-refractivity contribution is -0.146. The summed E-state index contributed by atoms with van der Waals surface area (Å²) in [4.78, 5) is 25.5. The van der Waals surface area contributed by atoms with Crippen molar-refractivity contribution in [1.82, 2.24) is 5.16 Å². The van der Waals surface area contributed by atoms with Crippen LogP contribution >= 0.6 is 0 Å². The third-order valence-electron chi connectivity index (χ3n) is 4.40. The van der Waals surface area contributed by atoms with Crippen molar-refractivity contribution in [2.45, 2.75) is 18.6 Å². The molecule has 104 valence electrons. The number of hydrogen-bond donors (Lipinski definition) is 1. The highest BCUT2D eigenvalue weighted by Gasteiger charge is 2.67. The minimum atomic E-state index is -0.997.